The molecule has 1 heteroatoms. The van der Waals surface area contributed by atoms with Crippen LogP contribution in [0.2, 0.25) is 0 Å². The van der Waals surface area contributed by atoms with E-state index in [1.807, 2.05) is 0 Å². The molecule has 1 rings (SSSR count). The zero-order chi connectivity index (χ0) is 11.3. The molecule has 1 aromatic carbocycles. The number of hydrogen-bond donors (Lipinski definition) is 1. The molecule has 0 aliphatic carbocycles. The molecule has 0 spiro atoms. The van der Waals surface area contributed by atoms with Crippen LogP contribution in [0.1, 0.15) is 37.9 Å². The first-order valence-corrected chi connectivity index (χ1v) is 5.53. The number of benzene rings is 1. The van der Waals surface area contributed by atoms with Crippen molar-refractivity contribution in [2.45, 2.75) is 33.7 Å². The van der Waals surface area contributed by atoms with Gasteiger partial charge in [-0.15, -0.1) is 0 Å². The summed E-state index contributed by atoms with van der Waals surface area (Å²) in [5.74, 6) is 0. The summed E-state index contributed by atoms with van der Waals surface area (Å²) in [6.07, 6.45) is 2.22. The molecular formula is C14H21N. The Kier molecular flexibility index (Phi) is 4.57. The third-order valence-electron chi connectivity index (χ3n) is 2.59. The molecule has 0 aliphatic rings. The van der Waals surface area contributed by atoms with Gasteiger partial charge < -0.3 is 5.32 Å². The quantitative estimate of drug-likeness (QED) is 0.737. The minimum Gasteiger partial charge on any atom is -0.307 e. The van der Waals surface area contributed by atoms with Crippen molar-refractivity contribution in [2.24, 2.45) is 0 Å². The van der Waals surface area contributed by atoms with Crippen LogP contribution in [0.25, 0.3) is 0 Å². The molecule has 1 aromatic rings. The zero-order valence-electron chi connectivity index (χ0n) is 10.2. The Morgan fingerprint density at radius 3 is 2.60 bits per heavy atom. The van der Waals surface area contributed by atoms with Crippen molar-refractivity contribution in [1.82, 2.24) is 5.32 Å². The Bertz CT molecular complexity index is 335. The lowest BCUT2D eigenvalue weighted by Gasteiger charge is -2.15. The number of hydrogen-bond acceptors (Lipinski definition) is 1. The lowest BCUT2D eigenvalue weighted by atomic mass is 10.0. The molecular weight excluding hydrogens is 182 g/mol. The monoisotopic (exact) mass is 203 g/mol. The van der Waals surface area contributed by atoms with Crippen molar-refractivity contribution in [3.63, 3.8) is 0 Å². The molecule has 82 valence electrons. The Labute approximate surface area is 93.2 Å². The van der Waals surface area contributed by atoms with Crippen LogP contribution in [0.3, 0.4) is 0 Å². The van der Waals surface area contributed by atoms with Gasteiger partial charge >= 0.3 is 0 Å². The summed E-state index contributed by atoms with van der Waals surface area (Å²) in [5.41, 5.74) is 4.11. The third kappa shape index (κ3) is 3.88. The highest BCUT2D eigenvalue weighted by molar-refractivity contribution is 5.28. The summed E-state index contributed by atoms with van der Waals surface area (Å²) < 4.78 is 0. The van der Waals surface area contributed by atoms with Crippen molar-refractivity contribution in [2.75, 3.05) is 6.54 Å². The van der Waals surface area contributed by atoms with E-state index in [0.717, 1.165) is 6.54 Å². The van der Waals surface area contributed by atoms with Gasteiger partial charge in [0, 0.05) is 12.6 Å². The smallest absolute Gasteiger partial charge is 0.0297 e. The normalized spacial score (nSPS) is 12.3. The maximum atomic E-state index is 3.49. The molecule has 0 aromatic heterocycles. The molecule has 1 nitrogen and oxygen atoms in total. The summed E-state index contributed by atoms with van der Waals surface area (Å²) in [5, 5.41) is 3.49. The molecule has 1 atom stereocenters. The van der Waals surface area contributed by atoms with Crippen molar-refractivity contribution >= 4 is 0 Å². The highest BCUT2D eigenvalue weighted by Crippen LogP contribution is 2.16. The molecule has 0 heterocycles. The van der Waals surface area contributed by atoms with E-state index in [-0.39, 0.29) is 0 Å². The van der Waals surface area contributed by atoms with Gasteiger partial charge in [-0.2, -0.15) is 0 Å². The van der Waals surface area contributed by atoms with Gasteiger partial charge in [-0.25, -0.2) is 0 Å². The summed E-state index contributed by atoms with van der Waals surface area (Å²) in [6.45, 7) is 9.56. The average Bonchev–Trinajstić information content (AvgIpc) is 2.17. The molecule has 15 heavy (non-hydrogen) atoms. The molecule has 1 N–H and O–H groups in total. The Morgan fingerprint density at radius 1 is 1.33 bits per heavy atom. The summed E-state index contributed by atoms with van der Waals surface area (Å²) >= 11 is 0. The minimum atomic E-state index is 0.418. The predicted octanol–water partition coefficient (Wildman–Crippen LogP) is 3.61. The number of nitrogens with one attached hydrogen (secondary N) is 1. The van der Waals surface area contributed by atoms with Crippen LogP contribution in [0.15, 0.2) is 35.9 Å². The van der Waals surface area contributed by atoms with Gasteiger partial charge in [0.05, 0.1) is 0 Å². The average molecular weight is 203 g/mol. The van der Waals surface area contributed by atoms with E-state index in [1.165, 1.54) is 16.7 Å². The fourth-order valence-electron chi connectivity index (χ4n) is 1.62. The van der Waals surface area contributed by atoms with Crippen LogP contribution < -0.4 is 5.32 Å². The second kappa shape index (κ2) is 5.72. The van der Waals surface area contributed by atoms with Gasteiger partial charge in [0.2, 0.25) is 0 Å². The van der Waals surface area contributed by atoms with Gasteiger partial charge in [-0.05, 0) is 38.8 Å². The van der Waals surface area contributed by atoms with Crippen molar-refractivity contribution in [3.05, 3.63) is 47.0 Å². The first-order chi connectivity index (χ1) is 7.11. The van der Waals surface area contributed by atoms with E-state index < -0.39 is 0 Å². The number of aryl methyl sites for hydroxylation is 1. The topological polar surface area (TPSA) is 12.0 Å². The molecule has 0 aliphatic heterocycles. The van der Waals surface area contributed by atoms with Crippen LogP contribution in [0, 0.1) is 6.92 Å². The molecule has 0 saturated heterocycles. The SMILES string of the molecule is CC(C)=CCNC(C)c1ccccc1C. The third-order valence-corrected chi connectivity index (χ3v) is 2.59. The highest BCUT2D eigenvalue weighted by Gasteiger charge is 2.05. The van der Waals surface area contributed by atoms with E-state index >= 15 is 0 Å². The molecule has 0 amide bonds. The lowest BCUT2D eigenvalue weighted by Crippen LogP contribution is -2.19. The maximum Gasteiger partial charge on any atom is 0.0297 e. The fraction of sp³-hybridized carbons (Fsp3) is 0.429. The summed E-state index contributed by atoms with van der Waals surface area (Å²) in [6, 6.07) is 8.95. The Hall–Kier alpha value is -1.08. The fourth-order valence-corrected chi connectivity index (χ4v) is 1.62. The molecule has 0 bridgehead atoms. The van der Waals surface area contributed by atoms with E-state index in [2.05, 4.69) is 63.4 Å². The first-order valence-electron chi connectivity index (χ1n) is 5.53. The van der Waals surface area contributed by atoms with E-state index in [9.17, 15) is 0 Å². The second-order valence-corrected chi connectivity index (χ2v) is 4.27. The van der Waals surface area contributed by atoms with Gasteiger partial charge in [0.1, 0.15) is 0 Å². The largest absolute Gasteiger partial charge is 0.307 e. The Morgan fingerprint density at radius 2 is 2.00 bits per heavy atom. The lowest BCUT2D eigenvalue weighted by molar-refractivity contribution is 0.613. The Balaban J connectivity index is 2.58. The zero-order valence-corrected chi connectivity index (χ0v) is 10.2. The van der Waals surface area contributed by atoms with Crippen molar-refractivity contribution in [3.8, 4) is 0 Å². The van der Waals surface area contributed by atoms with Crippen LogP contribution in [0.5, 0.6) is 0 Å². The molecule has 0 fully saturated rings. The standard InChI is InChI=1S/C14H21N/c1-11(2)9-10-15-13(4)14-8-6-5-7-12(14)3/h5-9,13,15H,10H2,1-4H3. The number of allylic oxidation sites excluding steroid dienone is 1. The van der Waals surface area contributed by atoms with E-state index in [1.54, 1.807) is 0 Å². The van der Waals surface area contributed by atoms with Gasteiger partial charge in [0.25, 0.3) is 0 Å². The van der Waals surface area contributed by atoms with Crippen LogP contribution in [0.4, 0.5) is 0 Å². The van der Waals surface area contributed by atoms with Crippen LogP contribution in [-0.2, 0) is 0 Å². The van der Waals surface area contributed by atoms with E-state index in [4.69, 9.17) is 0 Å². The molecule has 1 unspecified atom stereocenters. The summed E-state index contributed by atoms with van der Waals surface area (Å²) in [7, 11) is 0. The summed E-state index contributed by atoms with van der Waals surface area (Å²) in [4.78, 5) is 0. The highest BCUT2D eigenvalue weighted by atomic mass is 14.9. The van der Waals surface area contributed by atoms with Gasteiger partial charge in [0.15, 0.2) is 0 Å². The van der Waals surface area contributed by atoms with Crippen LogP contribution in [-0.4, -0.2) is 6.54 Å². The maximum absolute atomic E-state index is 3.49. The van der Waals surface area contributed by atoms with Crippen molar-refractivity contribution < 1.29 is 0 Å². The molecule has 0 saturated carbocycles. The number of rotatable bonds is 4. The van der Waals surface area contributed by atoms with Crippen LogP contribution >= 0.6 is 0 Å². The van der Waals surface area contributed by atoms with E-state index in [0.29, 0.717) is 6.04 Å². The second-order valence-electron chi connectivity index (χ2n) is 4.27. The van der Waals surface area contributed by atoms with Gasteiger partial charge in [-0.3, -0.25) is 0 Å². The van der Waals surface area contributed by atoms with Crippen molar-refractivity contribution in [1.29, 1.82) is 0 Å². The minimum absolute atomic E-state index is 0.418. The van der Waals surface area contributed by atoms with Gasteiger partial charge in [-0.1, -0.05) is 35.9 Å². The predicted molar refractivity (Wildman–Crippen MR) is 67.0 cm³/mol. The molecule has 0 radical (unpaired) electrons. The first kappa shape index (κ1) is 12.0.